The standard InChI is InChI=1S/C13H9N5/c1-4-18-9-14-8-11(18)7-10(1)12-2-5-17-6-3-15-13(17)16-12/h1-9H. The van der Waals surface area contributed by atoms with E-state index >= 15 is 0 Å². The van der Waals surface area contributed by atoms with Gasteiger partial charge >= 0.3 is 0 Å². The second-order valence-corrected chi connectivity index (χ2v) is 4.09. The van der Waals surface area contributed by atoms with Gasteiger partial charge in [0.25, 0.3) is 0 Å². The van der Waals surface area contributed by atoms with Crippen molar-refractivity contribution >= 4 is 11.3 Å². The Hall–Kier alpha value is -2.69. The van der Waals surface area contributed by atoms with Crippen LogP contribution in [0.1, 0.15) is 0 Å². The first-order valence-electron chi connectivity index (χ1n) is 5.62. The first kappa shape index (κ1) is 9.35. The largest absolute Gasteiger partial charge is 0.306 e. The van der Waals surface area contributed by atoms with E-state index in [0.29, 0.717) is 5.78 Å². The van der Waals surface area contributed by atoms with Crippen LogP contribution in [0.4, 0.5) is 0 Å². The van der Waals surface area contributed by atoms with Crippen LogP contribution in [0.3, 0.4) is 0 Å². The van der Waals surface area contributed by atoms with E-state index in [1.165, 1.54) is 0 Å². The van der Waals surface area contributed by atoms with Gasteiger partial charge in [0.05, 0.1) is 23.7 Å². The minimum atomic E-state index is 0.709. The molecule has 0 saturated carbocycles. The van der Waals surface area contributed by atoms with Crippen molar-refractivity contribution in [3.8, 4) is 11.3 Å². The highest BCUT2D eigenvalue weighted by molar-refractivity contribution is 5.66. The molecule has 5 heteroatoms. The van der Waals surface area contributed by atoms with Gasteiger partial charge in [-0.15, -0.1) is 0 Å². The van der Waals surface area contributed by atoms with Crippen LogP contribution in [-0.2, 0) is 0 Å². The summed E-state index contributed by atoms with van der Waals surface area (Å²) in [4.78, 5) is 12.8. The number of hydrogen-bond donors (Lipinski definition) is 0. The Kier molecular flexibility index (Phi) is 1.77. The van der Waals surface area contributed by atoms with E-state index in [4.69, 9.17) is 0 Å². The van der Waals surface area contributed by atoms with Crippen LogP contribution in [0.5, 0.6) is 0 Å². The number of rotatable bonds is 1. The van der Waals surface area contributed by atoms with Gasteiger partial charge in [0.1, 0.15) is 0 Å². The molecule has 86 valence electrons. The van der Waals surface area contributed by atoms with Crippen molar-refractivity contribution < 1.29 is 0 Å². The fraction of sp³-hybridized carbons (Fsp3) is 0. The van der Waals surface area contributed by atoms with Crippen LogP contribution < -0.4 is 0 Å². The second-order valence-electron chi connectivity index (χ2n) is 4.09. The maximum atomic E-state index is 4.52. The summed E-state index contributed by atoms with van der Waals surface area (Å²) in [6, 6.07) is 6.07. The molecule has 0 spiro atoms. The van der Waals surface area contributed by atoms with Crippen molar-refractivity contribution in [1.82, 2.24) is 23.8 Å². The van der Waals surface area contributed by atoms with Crippen molar-refractivity contribution in [1.29, 1.82) is 0 Å². The Morgan fingerprint density at radius 3 is 2.94 bits per heavy atom. The smallest absolute Gasteiger partial charge is 0.234 e. The average Bonchev–Trinajstić information content (AvgIpc) is 3.05. The Bertz CT molecular complexity index is 770. The zero-order valence-electron chi connectivity index (χ0n) is 9.43. The Balaban J connectivity index is 1.93. The predicted molar refractivity (Wildman–Crippen MR) is 67.2 cm³/mol. The highest BCUT2D eigenvalue weighted by atomic mass is 15.1. The molecule has 0 aliphatic rings. The zero-order valence-corrected chi connectivity index (χ0v) is 9.43. The molecular formula is C13H9N5. The van der Waals surface area contributed by atoms with Gasteiger partial charge in [0.15, 0.2) is 0 Å². The van der Waals surface area contributed by atoms with Gasteiger partial charge in [0, 0.05) is 30.4 Å². The summed E-state index contributed by atoms with van der Waals surface area (Å²) in [5, 5.41) is 0. The molecule has 4 aromatic rings. The molecule has 0 unspecified atom stereocenters. The van der Waals surface area contributed by atoms with E-state index in [1.54, 1.807) is 12.5 Å². The third kappa shape index (κ3) is 1.31. The molecule has 0 radical (unpaired) electrons. The van der Waals surface area contributed by atoms with Crippen molar-refractivity contribution in [2.24, 2.45) is 0 Å². The minimum absolute atomic E-state index is 0.709. The van der Waals surface area contributed by atoms with E-state index in [-0.39, 0.29) is 0 Å². The van der Waals surface area contributed by atoms with Gasteiger partial charge in [0.2, 0.25) is 5.78 Å². The highest BCUT2D eigenvalue weighted by Crippen LogP contribution is 2.19. The van der Waals surface area contributed by atoms with Crippen LogP contribution >= 0.6 is 0 Å². The van der Waals surface area contributed by atoms with Gasteiger partial charge in [-0.3, -0.25) is 4.40 Å². The molecule has 0 atom stereocenters. The van der Waals surface area contributed by atoms with Crippen molar-refractivity contribution in [3.63, 3.8) is 0 Å². The zero-order chi connectivity index (χ0) is 11.9. The lowest BCUT2D eigenvalue weighted by Crippen LogP contribution is -1.91. The van der Waals surface area contributed by atoms with Gasteiger partial charge in [-0.2, -0.15) is 0 Å². The summed E-state index contributed by atoms with van der Waals surface area (Å²) in [6.45, 7) is 0. The maximum Gasteiger partial charge on any atom is 0.234 e. The van der Waals surface area contributed by atoms with Crippen LogP contribution in [0, 0.1) is 0 Å². The minimum Gasteiger partial charge on any atom is -0.306 e. The molecule has 4 aromatic heterocycles. The number of pyridine rings is 1. The molecule has 0 N–H and O–H groups in total. The normalized spacial score (nSPS) is 11.3. The Morgan fingerprint density at radius 1 is 1.00 bits per heavy atom. The van der Waals surface area contributed by atoms with Gasteiger partial charge in [-0.05, 0) is 18.2 Å². The van der Waals surface area contributed by atoms with Crippen molar-refractivity contribution in [3.05, 3.63) is 55.5 Å². The lowest BCUT2D eigenvalue weighted by atomic mass is 10.2. The second kappa shape index (κ2) is 3.40. The summed E-state index contributed by atoms with van der Waals surface area (Å²) in [5.74, 6) is 0.709. The molecule has 4 heterocycles. The number of imidazole rings is 2. The van der Waals surface area contributed by atoms with Gasteiger partial charge < -0.3 is 4.40 Å². The van der Waals surface area contributed by atoms with Crippen LogP contribution in [0.2, 0.25) is 0 Å². The lowest BCUT2D eigenvalue weighted by Gasteiger charge is -2.02. The van der Waals surface area contributed by atoms with Crippen molar-refractivity contribution in [2.75, 3.05) is 0 Å². The summed E-state index contributed by atoms with van der Waals surface area (Å²) in [6.07, 6.45) is 11.2. The quantitative estimate of drug-likeness (QED) is 0.507. The summed E-state index contributed by atoms with van der Waals surface area (Å²) in [7, 11) is 0. The number of nitrogens with zero attached hydrogens (tertiary/aromatic N) is 5. The molecular weight excluding hydrogens is 226 g/mol. The molecule has 0 aromatic carbocycles. The van der Waals surface area contributed by atoms with Crippen LogP contribution in [0.25, 0.3) is 22.6 Å². The monoisotopic (exact) mass is 235 g/mol. The number of fused-ring (bicyclic) bond motifs is 2. The molecule has 0 bridgehead atoms. The molecule has 0 saturated heterocycles. The number of aromatic nitrogens is 5. The first-order chi connectivity index (χ1) is 8.90. The molecule has 0 amide bonds. The summed E-state index contributed by atoms with van der Waals surface area (Å²) >= 11 is 0. The Labute approximate surface area is 102 Å². The molecule has 0 fully saturated rings. The third-order valence-corrected chi connectivity index (χ3v) is 2.97. The Morgan fingerprint density at radius 2 is 1.94 bits per heavy atom. The average molecular weight is 235 g/mol. The van der Waals surface area contributed by atoms with E-state index in [9.17, 15) is 0 Å². The topological polar surface area (TPSA) is 47.5 Å². The van der Waals surface area contributed by atoms with Gasteiger partial charge in [-0.25, -0.2) is 15.0 Å². The molecule has 4 rings (SSSR count). The first-order valence-corrected chi connectivity index (χ1v) is 5.62. The van der Waals surface area contributed by atoms with Gasteiger partial charge in [-0.1, -0.05) is 0 Å². The fourth-order valence-corrected chi connectivity index (χ4v) is 2.04. The molecule has 0 aliphatic carbocycles. The van der Waals surface area contributed by atoms with E-state index in [1.807, 2.05) is 45.7 Å². The van der Waals surface area contributed by atoms with E-state index in [0.717, 1.165) is 16.8 Å². The fourth-order valence-electron chi connectivity index (χ4n) is 2.04. The van der Waals surface area contributed by atoms with E-state index in [2.05, 4.69) is 21.0 Å². The maximum absolute atomic E-state index is 4.52. The SMILES string of the molecule is c1cn2ccc(-c3ccn4cncc4c3)nc2n1. The van der Waals surface area contributed by atoms with E-state index < -0.39 is 0 Å². The number of hydrogen-bond acceptors (Lipinski definition) is 3. The predicted octanol–water partition coefficient (Wildman–Crippen LogP) is 2.04. The third-order valence-electron chi connectivity index (χ3n) is 2.97. The van der Waals surface area contributed by atoms with Crippen molar-refractivity contribution in [2.45, 2.75) is 0 Å². The highest BCUT2D eigenvalue weighted by Gasteiger charge is 2.03. The van der Waals surface area contributed by atoms with Crippen LogP contribution in [0.15, 0.2) is 55.5 Å². The summed E-state index contributed by atoms with van der Waals surface area (Å²) in [5.41, 5.74) is 3.03. The molecule has 5 nitrogen and oxygen atoms in total. The van der Waals surface area contributed by atoms with Crippen LogP contribution in [-0.4, -0.2) is 23.8 Å². The lowest BCUT2D eigenvalue weighted by molar-refractivity contribution is 1.11. The summed E-state index contributed by atoms with van der Waals surface area (Å²) < 4.78 is 3.86. The molecule has 0 aliphatic heterocycles. The molecule has 18 heavy (non-hydrogen) atoms.